The molecule has 220 valence electrons. The molecular formula is C30H31N2O9P. The van der Waals surface area contributed by atoms with Crippen molar-refractivity contribution in [1.29, 1.82) is 0 Å². The molecule has 4 aromatic rings. The van der Waals surface area contributed by atoms with Gasteiger partial charge in [0.2, 0.25) is 0 Å². The van der Waals surface area contributed by atoms with Crippen molar-refractivity contribution in [2.45, 2.75) is 36.7 Å². The van der Waals surface area contributed by atoms with Crippen molar-refractivity contribution in [1.82, 2.24) is 9.55 Å². The van der Waals surface area contributed by atoms with E-state index in [0.29, 0.717) is 22.4 Å². The lowest BCUT2D eigenvalue weighted by Crippen LogP contribution is -2.59. The van der Waals surface area contributed by atoms with Gasteiger partial charge in [-0.05, 0) is 35.7 Å². The number of hydrogen-bond donors (Lipinski definition) is 4. The third kappa shape index (κ3) is 5.15. The van der Waals surface area contributed by atoms with Gasteiger partial charge in [0.25, 0.3) is 5.56 Å². The molecule has 42 heavy (non-hydrogen) atoms. The molecular weight excluding hydrogens is 563 g/mol. The number of aromatic nitrogens is 2. The van der Waals surface area contributed by atoms with Crippen LogP contribution in [0.5, 0.6) is 5.75 Å². The Hall–Kier alpha value is -3.83. The van der Waals surface area contributed by atoms with Crippen LogP contribution in [0.1, 0.15) is 28.7 Å². The van der Waals surface area contributed by atoms with Gasteiger partial charge in [-0.1, -0.05) is 72.8 Å². The highest BCUT2D eigenvalue weighted by atomic mass is 31.2. The van der Waals surface area contributed by atoms with Gasteiger partial charge in [-0.3, -0.25) is 18.9 Å². The lowest BCUT2D eigenvalue weighted by Gasteiger charge is -2.50. The molecule has 12 heteroatoms. The van der Waals surface area contributed by atoms with Gasteiger partial charge in [-0.15, -0.1) is 0 Å². The van der Waals surface area contributed by atoms with E-state index in [4.69, 9.17) is 14.0 Å². The quantitative estimate of drug-likeness (QED) is 0.169. The highest BCUT2D eigenvalue weighted by Crippen LogP contribution is 2.57. The first-order valence-electron chi connectivity index (χ1n) is 13.2. The van der Waals surface area contributed by atoms with Crippen molar-refractivity contribution in [3.8, 4) is 5.75 Å². The number of methoxy groups -OCH3 is 1. The van der Waals surface area contributed by atoms with E-state index in [1.165, 1.54) is 10.8 Å². The van der Waals surface area contributed by atoms with Gasteiger partial charge in [-0.25, -0.2) is 9.36 Å². The van der Waals surface area contributed by atoms with Crippen molar-refractivity contribution in [3.05, 3.63) is 134 Å². The zero-order chi connectivity index (χ0) is 30.1. The minimum absolute atomic E-state index is 0.215. The number of H-pyrrole nitrogens is 1. The molecule has 11 nitrogen and oxygen atoms in total. The van der Waals surface area contributed by atoms with Gasteiger partial charge in [-0.2, -0.15) is 0 Å². The second-order valence-corrected chi connectivity index (χ2v) is 11.4. The monoisotopic (exact) mass is 594 g/mol. The van der Waals surface area contributed by atoms with Gasteiger partial charge in [0, 0.05) is 18.2 Å². The first-order valence-corrected chi connectivity index (χ1v) is 14.7. The molecule has 3 atom stereocenters. The number of aliphatic hydroxyl groups is 1. The van der Waals surface area contributed by atoms with Gasteiger partial charge in [0.15, 0.2) is 5.72 Å². The minimum atomic E-state index is -4.93. The summed E-state index contributed by atoms with van der Waals surface area (Å²) in [4.78, 5) is 47.4. The standard InChI is InChI=1S/C30H31N2O9P/c1-20-18-32(28(35)31-27(20)34)29(17-25(33)26(41-29)19-40-42(36,37)38)30(21-9-5-3-6-10-21,22-11-7-4-8-12-22)23-13-15-24(39-2)16-14-23/h3-16,18,25-26,33H,17,19H2,1-2H3,(H,31,34,35)(H2,36,37,38)/t25-,26+,29-/m0/s1. The van der Waals surface area contributed by atoms with Crippen LogP contribution in [0.25, 0.3) is 0 Å². The molecule has 3 aromatic carbocycles. The molecule has 0 unspecified atom stereocenters. The number of benzene rings is 3. The van der Waals surface area contributed by atoms with E-state index >= 15 is 0 Å². The van der Waals surface area contributed by atoms with E-state index in [1.54, 1.807) is 26.2 Å². The van der Waals surface area contributed by atoms with Crippen molar-refractivity contribution >= 4 is 7.82 Å². The third-order valence-corrected chi connectivity index (χ3v) is 8.19. The number of ether oxygens (including phenoxy) is 2. The number of phosphoric acid groups is 1. The molecule has 1 aromatic heterocycles. The van der Waals surface area contributed by atoms with Gasteiger partial charge in [0.1, 0.15) is 11.9 Å². The molecule has 1 aliphatic rings. The molecule has 0 radical (unpaired) electrons. The van der Waals surface area contributed by atoms with Crippen molar-refractivity contribution in [2.75, 3.05) is 13.7 Å². The molecule has 0 amide bonds. The lowest BCUT2D eigenvalue weighted by atomic mass is 9.61. The normalized spacial score (nSPS) is 20.9. The first-order chi connectivity index (χ1) is 20.0. The summed E-state index contributed by atoms with van der Waals surface area (Å²) >= 11 is 0. The Kier molecular flexibility index (Phi) is 8.08. The van der Waals surface area contributed by atoms with Gasteiger partial charge in [0.05, 0.1) is 25.2 Å². The van der Waals surface area contributed by atoms with Crippen LogP contribution in [0.15, 0.2) is 101 Å². The van der Waals surface area contributed by atoms with Gasteiger partial charge >= 0.3 is 13.5 Å². The van der Waals surface area contributed by atoms with E-state index in [-0.39, 0.29) is 12.0 Å². The van der Waals surface area contributed by atoms with E-state index in [0.717, 1.165) is 0 Å². The van der Waals surface area contributed by atoms with Crippen LogP contribution < -0.4 is 16.0 Å². The maximum atomic E-state index is 13.7. The SMILES string of the molecule is COc1ccc(C(c2ccccc2)(c2ccccc2)[C@]2(n3cc(C)c(=O)[nH]c3=O)C[C@H](O)[C@@H](COP(=O)(O)O)O2)cc1. The lowest BCUT2D eigenvalue weighted by molar-refractivity contribution is -0.146. The number of aryl methyl sites for hydroxylation is 1. The Morgan fingerprint density at radius 2 is 1.52 bits per heavy atom. The summed E-state index contributed by atoms with van der Waals surface area (Å²) in [6.45, 7) is 0.884. The van der Waals surface area contributed by atoms with Crippen LogP contribution >= 0.6 is 7.82 Å². The second kappa shape index (κ2) is 11.4. The molecule has 4 N–H and O–H groups in total. The summed E-state index contributed by atoms with van der Waals surface area (Å²) in [5.74, 6) is 0.583. The minimum Gasteiger partial charge on any atom is -0.497 e. The predicted octanol–water partition coefficient (Wildman–Crippen LogP) is 2.80. The second-order valence-electron chi connectivity index (χ2n) is 10.2. The number of rotatable bonds is 9. The van der Waals surface area contributed by atoms with Crippen molar-refractivity contribution in [2.24, 2.45) is 0 Å². The number of nitrogens with zero attached hydrogens (tertiary/aromatic N) is 1. The van der Waals surface area contributed by atoms with Crippen molar-refractivity contribution < 1.29 is 33.5 Å². The fourth-order valence-electron chi connectivity index (χ4n) is 5.91. The Morgan fingerprint density at radius 3 is 2.05 bits per heavy atom. The number of aromatic amines is 1. The molecule has 2 heterocycles. The average Bonchev–Trinajstić information content (AvgIpc) is 3.32. The smallest absolute Gasteiger partial charge is 0.469 e. The Morgan fingerprint density at radius 1 is 0.976 bits per heavy atom. The van der Waals surface area contributed by atoms with E-state index in [9.17, 15) is 29.0 Å². The molecule has 0 saturated carbocycles. The summed E-state index contributed by atoms with van der Waals surface area (Å²) in [6, 6.07) is 25.7. The van der Waals surface area contributed by atoms with E-state index in [1.807, 2.05) is 72.8 Å². The zero-order valence-electron chi connectivity index (χ0n) is 22.9. The fraction of sp³-hybridized carbons (Fsp3) is 0.267. The van der Waals surface area contributed by atoms with Gasteiger partial charge < -0.3 is 24.4 Å². The molecule has 1 aliphatic heterocycles. The Balaban J connectivity index is 1.93. The van der Waals surface area contributed by atoms with Crippen LogP contribution in [-0.4, -0.2) is 50.4 Å². The van der Waals surface area contributed by atoms with Crippen LogP contribution in [0.3, 0.4) is 0 Å². The van der Waals surface area contributed by atoms with Crippen LogP contribution in [0, 0.1) is 6.92 Å². The van der Waals surface area contributed by atoms with E-state index < -0.39 is 49.0 Å². The molecule has 1 saturated heterocycles. The molecule has 0 aliphatic carbocycles. The maximum absolute atomic E-state index is 13.7. The van der Waals surface area contributed by atoms with Crippen LogP contribution in [0.4, 0.5) is 0 Å². The summed E-state index contributed by atoms with van der Waals surface area (Å²) in [5.41, 5.74) is -2.32. The number of phosphoric ester groups is 1. The maximum Gasteiger partial charge on any atom is 0.469 e. The molecule has 1 fully saturated rings. The number of aliphatic hydroxyl groups excluding tert-OH is 1. The largest absolute Gasteiger partial charge is 0.497 e. The predicted molar refractivity (Wildman–Crippen MR) is 153 cm³/mol. The number of hydrogen-bond acceptors (Lipinski definition) is 7. The Bertz CT molecular complexity index is 1660. The average molecular weight is 595 g/mol. The Labute approximate surface area is 241 Å². The van der Waals surface area contributed by atoms with Crippen LogP contribution in [-0.2, 0) is 25.0 Å². The van der Waals surface area contributed by atoms with Crippen LogP contribution in [0.2, 0.25) is 0 Å². The fourth-order valence-corrected chi connectivity index (χ4v) is 6.26. The highest BCUT2D eigenvalue weighted by Gasteiger charge is 2.63. The third-order valence-electron chi connectivity index (χ3n) is 7.70. The topological polar surface area (TPSA) is 160 Å². The van der Waals surface area contributed by atoms with Crippen molar-refractivity contribution in [3.63, 3.8) is 0 Å². The zero-order valence-corrected chi connectivity index (χ0v) is 23.8. The molecule has 0 bridgehead atoms. The summed E-state index contributed by atoms with van der Waals surface area (Å²) in [6.07, 6.45) is -1.43. The first kappa shape index (κ1) is 29.7. The molecule has 0 spiro atoms. The summed E-state index contributed by atoms with van der Waals surface area (Å²) in [5, 5.41) is 11.4. The van der Waals surface area contributed by atoms with E-state index in [2.05, 4.69) is 4.98 Å². The highest BCUT2D eigenvalue weighted by molar-refractivity contribution is 7.46. The molecule has 5 rings (SSSR count). The summed E-state index contributed by atoms with van der Waals surface area (Å²) < 4.78 is 29.7. The number of nitrogens with one attached hydrogen (secondary N) is 1. The summed E-state index contributed by atoms with van der Waals surface area (Å²) in [7, 11) is -3.38.